The average Bonchev–Trinajstić information content (AvgIpc) is 2.25. The molecule has 0 aromatic carbocycles. The molecule has 1 heterocycles. The van der Waals surface area contributed by atoms with E-state index in [1.807, 2.05) is 12.1 Å². The number of hydrogen-bond acceptors (Lipinski definition) is 2. The lowest BCUT2D eigenvalue weighted by molar-refractivity contribution is -0.0771. The summed E-state index contributed by atoms with van der Waals surface area (Å²) in [6, 6.07) is 3.89. The predicted molar refractivity (Wildman–Crippen MR) is 64.9 cm³/mol. The third-order valence-electron chi connectivity index (χ3n) is 4.02. The van der Waals surface area contributed by atoms with Gasteiger partial charge in [-0.15, -0.1) is 0 Å². The zero-order chi connectivity index (χ0) is 11.8. The Balaban J connectivity index is 2.27. The molecule has 1 aliphatic carbocycles. The highest BCUT2D eigenvalue weighted by Crippen LogP contribution is 2.48. The lowest BCUT2D eigenvalue weighted by atomic mass is 9.63. The summed E-state index contributed by atoms with van der Waals surface area (Å²) in [5.41, 5.74) is 0.649. The predicted octanol–water partition coefficient (Wildman–Crippen LogP) is 3.12. The number of aliphatic hydroxyl groups is 1. The molecule has 0 amide bonds. The number of aromatic nitrogens is 1. The minimum absolute atomic E-state index is 0.292. The van der Waals surface area contributed by atoms with Crippen LogP contribution in [0.25, 0.3) is 0 Å². The Hall–Kier alpha value is -0.890. The molecule has 2 unspecified atom stereocenters. The van der Waals surface area contributed by atoms with Gasteiger partial charge in [-0.2, -0.15) is 0 Å². The van der Waals surface area contributed by atoms with Crippen molar-refractivity contribution in [2.24, 2.45) is 11.3 Å². The van der Waals surface area contributed by atoms with Gasteiger partial charge in [0.2, 0.25) is 0 Å². The van der Waals surface area contributed by atoms with Gasteiger partial charge < -0.3 is 5.11 Å². The lowest BCUT2D eigenvalue weighted by Gasteiger charge is -2.45. The van der Waals surface area contributed by atoms with Crippen LogP contribution in [-0.4, -0.2) is 10.1 Å². The number of rotatable bonds is 1. The lowest BCUT2D eigenvalue weighted by Crippen LogP contribution is -2.41. The van der Waals surface area contributed by atoms with Crippen molar-refractivity contribution in [3.63, 3.8) is 0 Å². The SMILES string of the molecule is CC1CC(C)(C)CCC1(O)c1cccnc1. The molecule has 0 radical (unpaired) electrons. The topological polar surface area (TPSA) is 33.1 Å². The molecule has 0 bridgehead atoms. The first-order valence-corrected chi connectivity index (χ1v) is 6.07. The fraction of sp³-hybridized carbons (Fsp3) is 0.643. The third-order valence-corrected chi connectivity index (χ3v) is 4.02. The molecule has 1 N–H and O–H groups in total. The number of nitrogens with zero attached hydrogens (tertiary/aromatic N) is 1. The fourth-order valence-corrected chi connectivity index (χ4v) is 2.92. The molecule has 88 valence electrons. The summed E-state index contributed by atoms with van der Waals surface area (Å²) < 4.78 is 0. The van der Waals surface area contributed by atoms with Crippen molar-refractivity contribution in [2.75, 3.05) is 0 Å². The van der Waals surface area contributed by atoms with Crippen molar-refractivity contribution in [1.29, 1.82) is 0 Å². The van der Waals surface area contributed by atoms with Crippen LogP contribution in [0.5, 0.6) is 0 Å². The second-order valence-corrected chi connectivity index (χ2v) is 5.94. The van der Waals surface area contributed by atoms with Crippen LogP contribution in [-0.2, 0) is 5.60 Å². The van der Waals surface area contributed by atoms with Gasteiger partial charge in [0.15, 0.2) is 0 Å². The molecule has 1 saturated carbocycles. The maximum absolute atomic E-state index is 10.8. The summed E-state index contributed by atoms with van der Waals surface area (Å²) in [7, 11) is 0. The van der Waals surface area contributed by atoms with Crippen LogP contribution in [0.15, 0.2) is 24.5 Å². The normalized spacial score (nSPS) is 33.6. The van der Waals surface area contributed by atoms with E-state index in [2.05, 4.69) is 25.8 Å². The molecule has 2 atom stereocenters. The minimum Gasteiger partial charge on any atom is -0.385 e. The summed E-state index contributed by atoms with van der Waals surface area (Å²) in [6.45, 7) is 6.71. The molecule has 1 fully saturated rings. The van der Waals surface area contributed by atoms with Crippen LogP contribution in [0.4, 0.5) is 0 Å². The van der Waals surface area contributed by atoms with Crippen LogP contribution < -0.4 is 0 Å². The molecular formula is C14H21NO. The van der Waals surface area contributed by atoms with E-state index in [4.69, 9.17) is 0 Å². The second kappa shape index (κ2) is 3.85. The Morgan fingerprint density at radius 2 is 2.12 bits per heavy atom. The molecule has 2 nitrogen and oxygen atoms in total. The van der Waals surface area contributed by atoms with Gasteiger partial charge in [-0.3, -0.25) is 4.98 Å². The Morgan fingerprint density at radius 3 is 2.69 bits per heavy atom. The highest BCUT2D eigenvalue weighted by molar-refractivity contribution is 5.20. The fourth-order valence-electron chi connectivity index (χ4n) is 2.92. The van der Waals surface area contributed by atoms with E-state index in [0.29, 0.717) is 11.3 Å². The van der Waals surface area contributed by atoms with Crippen molar-refractivity contribution >= 4 is 0 Å². The molecule has 0 aliphatic heterocycles. The molecule has 0 saturated heterocycles. The van der Waals surface area contributed by atoms with Gasteiger partial charge in [0.05, 0.1) is 5.60 Å². The summed E-state index contributed by atoms with van der Waals surface area (Å²) in [6.07, 6.45) is 6.53. The molecule has 2 heteroatoms. The zero-order valence-corrected chi connectivity index (χ0v) is 10.4. The van der Waals surface area contributed by atoms with Crippen molar-refractivity contribution < 1.29 is 5.11 Å². The minimum atomic E-state index is -0.677. The van der Waals surface area contributed by atoms with Crippen molar-refractivity contribution in [3.8, 4) is 0 Å². The Labute approximate surface area is 97.7 Å². The van der Waals surface area contributed by atoms with Gasteiger partial charge in [0, 0.05) is 18.0 Å². The molecular weight excluding hydrogens is 198 g/mol. The van der Waals surface area contributed by atoms with E-state index in [9.17, 15) is 5.11 Å². The molecule has 16 heavy (non-hydrogen) atoms. The van der Waals surface area contributed by atoms with Gasteiger partial charge in [-0.1, -0.05) is 26.8 Å². The van der Waals surface area contributed by atoms with Crippen LogP contribution in [0.3, 0.4) is 0 Å². The Morgan fingerprint density at radius 1 is 1.38 bits per heavy atom. The second-order valence-electron chi connectivity index (χ2n) is 5.94. The van der Waals surface area contributed by atoms with Crippen molar-refractivity contribution in [1.82, 2.24) is 4.98 Å². The van der Waals surface area contributed by atoms with Gasteiger partial charge in [0.25, 0.3) is 0 Å². The standard InChI is InChI=1S/C14H21NO/c1-11-9-13(2,3)6-7-14(11,16)12-5-4-8-15-10-12/h4-5,8,10-11,16H,6-7,9H2,1-3H3. The van der Waals surface area contributed by atoms with E-state index in [-0.39, 0.29) is 0 Å². The zero-order valence-electron chi connectivity index (χ0n) is 10.4. The van der Waals surface area contributed by atoms with Crippen LogP contribution in [0.2, 0.25) is 0 Å². The largest absolute Gasteiger partial charge is 0.385 e. The van der Waals surface area contributed by atoms with Crippen LogP contribution in [0, 0.1) is 11.3 Å². The van der Waals surface area contributed by atoms with Crippen LogP contribution >= 0.6 is 0 Å². The number of pyridine rings is 1. The third kappa shape index (κ3) is 1.99. The summed E-state index contributed by atoms with van der Waals surface area (Å²) in [4.78, 5) is 4.12. The van der Waals surface area contributed by atoms with E-state index >= 15 is 0 Å². The van der Waals surface area contributed by atoms with E-state index in [1.165, 1.54) is 0 Å². The van der Waals surface area contributed by atoms with E-state index in [1.54, 1.807) is 12.4 Å². The van der Waals surface area contributed by atoms with Crippen molar-refractivity contribution in [2.45, 2.75) is 45.6 Å². The highest BCUT2D eigenvalue weighted by atomic mass is 16.3. The average molecular weight is 219 g/mol. The first-order valence-electron chi connectivity index (χ1n) is 6.07. The maximum atomic E-state index is 10.8. The molecule has 2 rings (SSSR count). The molecule has 1 aliphatic rings. The molecule has 0 spiro atoms. The van der Waals surface area contributed by atoms with Crippen LogP contribution in [0.1, 0.15) is 45.6 Å². The Bertz CT molecular complexity index is 360. The summed E-state index contributed by atoms with van der Waals surface area (Å²) in [5.74, 6) is 0.292. The summed E-state index contributed by atoms with van der Waals surface area (Å²) >= 11 is 0. The number of hydrogen-bond donors (Lipinski definition) is 1. The summed E-state index contributed by atoms with van der Waals surface area (Å²) in [5, 5.41) is 10.8. The molecule has 1 aromatic rings. The first kappa shape index (κ1) is 11.6. The van der Waals surface area contributed by atoms with Gasteiger partial charge in [-0.05, 0) is 36.7 Å². The highest BCUT2D eigenvalue weighted by Gasteiger charge is 2.43. The van der Waals surface area contributed by atoms with Crippen molar-refractivity contribution in [3.05, 3.63) is 30.1 Å². The molecule has 1 aromatic heterocycles. The maximum Gasteiger partial charge on any atom is 0.0937 e. The smallest absolute Gasteiger partial charge is 0.0937 e. The van der Waals surface area contributed by atoms with Gasteiger partial charge >= 0.3 is 0 Å². The van der Waals surface area contributed by atoms with E-state index in [0.717, 1.165) is 24.8 Å². The van der Waals surface area contributed by atoms with Gasteiger partial charge in [-0.25, -0.2) is 0 Å². The van der Waals surface area contributed by atoms with E-state index < -0.39 is 5.60 Å². The first-order chi connectivity index (χ1) is 7.44. The Kier molecular flexibility index (Phi) is 2.79. The quantitative estimate of drug-likeness (QED) is 0.787. The van der Waals surface area contributed by atoms with Gasteiger partial charge in [0.1, 0.15) is 0 Å². The monoisotopic (exact) mass is 219 g/mol.